The summed E-state index contributed by atoms with van der Waals surface area (Å²) in [4.78, 5) is 23.5. The number of Topliss-reactive ketones (excluding diaryl/α,β-unsaturated/α-hetero) is 1. The van der Waals surface area contributed by atoms with Crippen LogP contribution >= 0.6 is 0 Å². The van der Waals surface area contributed by atoms with Crippen molar-refractivity contribution in [3.05, 3.63) is 100 Å². The van der Waals surface area contributed by atoms with Crippen LogP contribution in [0.2, 0.25) is 0 Å². The van der Waals surface area contributed by atoms with Crippen LogP contribution in [0.1, 0.15) is 16.1 Å². The highest BCUT2D eigenvalue weighted by atomic mass is 16.6. The quantitative estimate of drug-likeness (QED) is 0.230. The van der Waals surface area contributed by atoms with Gasteiger partial charge < -0.3 is 0 Å². The van der Waals surface area contributed by atoms with Crippen LogP contribution in [-0.2, 0) is 6.54 Å². The third-order valence-corrected chi connectivity index (χ3v) is 4.82. The van der Waals surface area contributed by atoms with Crippen molar-refractivity contribution in [1.29, 1.82) is 0 Å². The molecule has 0 bridgehead atoms. The molecule has 6 heteroatoms. The van der Waals surface area contributed by atoms with Gasteiger partial charge in [-0.3, -0.25) is 14.9 Å². The monoisotopic (exact) mass is 372 g/mol. The van der Waals surface area contributed by atoms with Crippen LogP contribution in [0.3, 0.4) is 0 Å². The van der Waals surface area contributed by atoms with Crippen molar-refractivity contribution < 1.29 is 14.3 Å². The van der Waals surface area contributed by atoms with Crippen LogP contribution in [0.15, 0.2) is 79.0 Å². The third kappa shape index (κ3) is 3.05. The van der Waals surface area contributed by atoms with E-state index in [1.807, 2.05) is 70.6 Å². The predicted octanol–water partition coefficient (Wildman–Crippen LogP) is 3.99. The van der Waals surface area contributed by atoms with E-state index in [9.17, 15) is 14.9 Å². The van der Waals surface area contributed by atoms with Gasteiger partial charge in [0, 0.05) is 36.2 Å². The number of benzene rings is 2. The molecule has 0 aliphatic rings. The highest BCUT2D eigenvalue weighted by Gasteiger charge is 2.26. The summed E-state index contributed by atoms with van der Waals surface area (Å²) in [7, 11) is 0. The van der Waals surface area contributed by atoms with Crippen LogP contribution < -0.4 is 4.57 Å². The van der Waals surface area contributed by atoms with E-state index in [4.69, 9.17) is 0 Å². The topological polar surface area (TPSA) is 68.5 Å². The van der Waals surface area contributed by atoms with E-state index in [2.05, 4.69) is 0 Å². The average Bonchev–Trinajstić information content (AvgIpc) is 3.00. The van der Waals surface area contributed by atoms with Crippen molar-refractivity contribution >= 4 is 17.1 Å². The fourth-order valence-corrected chi connectivity index (χ4v) is 3.51. The Morgan fingerprint density at radius 3 is 2.54 bits per heavy atom. The number of aryl methyl sites for hydroxylation is 1. The summed E-state index contributed by atoms with van der Waals surface area (Å²) >= 11 is 0. The Hall–Kier alpha value is -3.80. The van der Waals surface area contributed by atoms with E-state index < -0.39 is 4.92 Å². The van der Waals surface area contributed by atoms with Gasteiger partial charge in [-0.05, 0) is 6.07 Å². The number of pyridine rings is 1. The van der Waals surface area contributed by atoms with Gasteiger partial charge in [0.05, 0.1) is 11.1 Å². The fraction of sp³-hybridized carbons (Fsp3) is 0.0909. The second kappa shape index (κ2) is 7.08. The number of ketones is 1. The summed E-state index contributed by atoms with van der Waals surface area (Å²) in [5.74, 6) is -0.178. The number of hydrogen-bond acceptors (Lipinski definition) is 3. The number of carbonyl (C=O) groups excluding carboxylic acids is 1. The Balaban J connectivity index is 1.83. The number of nitrogens with zero attached hydrogens (tertiary/aromatic N) is 3. The number of non-ortho nitro benzene ring substituents is 1. The molecule has 6 nitrogen and oxygen atoms in total. The smallest absolute Gasteiger partial charge is 0.287 e. The minimum atomic E-state index is -0.489. The molecule has 0 unspecified atom stereocenters. The van der Waals surface area contributed by atoms with Crippen LogP contribution in [0.4, 0.5) is 5.69 Å². The zero-order chi connectivity index (χ0) is 19.7. The molecule has 0 aliphatic carbocycles. The molecule has 0 amide bonds. The van der Waals surface area contributed by atoms with Gasteiger partial charge >= 0.3 is 0 Å². The maximum atomic E-state index is 13.0. The lowest BCUT2D eigenvalue weighted by atomic mass is 10.1. The van der Waals surface area contributed by atoms with Gasteiger partial charge in [0.15, 0.2) is 17.9 Å². The van der Waals surface area contributed by atoms with Crippen LogP contribution in [0.5, 0.6) is 0 Å². The largest absolute Gasteiger partial charge is 0.290 e. The van der Waals surface area contributed by atoms with Crippen LogP contribution in [0, 0.1) is 17.0 Å². The Kier molecular flexibility index (Phi) is 4.45. The molecule has 0 aliphatic heterocycles. The first-order valence-corrected chi connectivity index (χ1v) is 8.89. The Morgan fingerprint density at radius 2 is 1.79 bits per heavy atom. The molecule has 0 atom stereocenters. The van der Waals surface area contributed by atoms with E-state index in [-0.39, 0.29) is 18.0 Å². The molecule has 0 saturated carbocycles. The summed E-state index contributed by atoms with van der Waals surface area (Å²) < 4.78 is 4.01. The van der Waals surface area contributed by atoms with Gasteiger partial charge in [0.1, 0.15) is 0 Å². The lowest BCUT2D eigenvalue weighted by molar-refractivity contribution is -0.645. The van der Waals surface area contributed by atoms with Crippen molar-refractivity contribution in [2.75, 3.05) is 0 Å². The van der Waals surface area contributed by atoms with Crippen molar-refractivity contribution in [2.45, 2.75) is 13.5 Å². The molecule has 4 aromatic rings. The molecule has 0 N–H and O–H groups in total. The van der Waals surface area contributed by atoms with Crippen molar-refractivity contribution in [1.82, 2.24) is 4.40 Å². The summed E-state index contributed by atoms with van der Waals surface area (Å²) in [6.07, 6.45) is 1.96. The summed E-state index contributed by atoms with van der Waals surface area (Å²) in [5, 5.41) is 11.0. The molecule has 4 rings (SSSR count). The van der Waals surface area contributed by atoms with E-state index in [0.29, 0.717) is 5.56 Å². The number of carbonyl (C=O) groups is 1. The van der Waals surface area contributed by atoms with Gasteiger partial charge in [0.25, 0.3) is 11.3 Å². The first-order valence-electron chi connectivity index (χ1n) is 8.89. The maximum absolute atomic E-state index is 13.0. The number of nitro groups is 1. The molecule has 2 aromatic carbocycles. The number of nitro benzene ring substituents is 1. The minimum absolute atomic E-state index is 0.0861. The highest BCUT2D eigenvalue weighted by molar-refractivity contribution is 5.95. The zero-order valence-corrected chi connectivity index (χ0v) is 15.3. The Bertz CT molecular complexity index is 1200. The van der Waals surface area contributed by atoms with Crippen molar-refractivity contribution in [3.8, 4) is 11.3 Å². The first-order chi connectivity index (χ1) is 13.6. The normalized spacial score (nSPS) is 10.9. The molecule has 138 valence electrons. The van der Waals surface area contributed by atoms with Gasteiger partial charge in [-0.1, -0.05) is 48.5 Å². The number of aromatic nitrogens is 2. The maximum Gasteiger partial charge on any atom is 0.287 e. The van der Waals surface area contributed by atoms with Crippen LogP contribution in [-0.4, -0.2) is 15.1 Å². The summed E-state index contributed by atoms with van der Waals surface area (Å²) in [5.41, 5.74) is 4.11. The fourth-order valence-electron chi connectivity index (χ4n) is 3.51. The Morgan fingerprint density at radius 1 is 1.04 bits per heavy atom. The zero-order valence-electron chi connectivity index (χ0n) is 15.3. The standard InChI is InChI=1S/C22H18N3O3/c1-16-22(17-8-3-2-4-9-17)24(21-12-5-6-13-23(16)21)15-20(26)18-10-7-11-19(14-18)25(27)28/h2-14H,15H2,1H3/q+1. The van der Waals surface area contributed by atoms with Gasteiger partial charge in [-0.15, -0.1) is 0 Å². The second-order valence-corrected chi connectivity index (χ2v) is 6.55. The molecule has 28 heavy (non-hydrogen) atoms. The lowest BCUT2D eigenvalue weighted by Crippen LogP contribution is -2.39. The molecular formula is C22H18N3O3+. The molecule has 0 radical (unpaired) electrons. The SMILES string of the molecule is Cc1c(-c2ccccc2)[n+](CC(=O)c2cccc([N+](=O)[O-])c2)c2ccccn12. The molecule has 0 saturated heterocycles. The molecule has 2 heterocycles. The summed E-state index contributed by atoms with van der Waals surface area (Å²) in [6, 6.07) is 21.6. The average molecular weight is 372 g/mol. The minimum Gasteiger partial charge on any atom is -0.290 e. The summed E-state index contributed by atoms with van der Waals surface area (Å²) in [6.45, 7) is 2.11. The Labute approximate surface area is 161 Å². The first kappa shape index (κ1) is 17.6. The molecule has 0 fully saturated rings. The molecule has 2 aromatic heterocycles. The van der Waals surface area contributed by atoms with E-state index >= 15 is 0 Å². The number of fused-ring (bicyclic) bond motifs is 1. The highest BCUT2D eigenvalue weighted by Crippen LogP contribution is 2.22. The van der Waals surface area contributed by atoms with Crippen molar-refractivity contribution in [2.24, 2.45) is 0 Å². The molecular weight excluding hydrogens is 354 g/mol. The van der Waals surface area contributed by atoms with E-state index in [1.54, 1.807) is 6.07 Å². The van der Waals surface area contributed by atoms with Crippen molar-refractivity contribution in [3.63, 3.8) is 0 Å². The van der Waals surface area contributed by atoms with E-state index in [0.717, 1.165) is 22.6 Å². The predicted molar refractivity (Wildman–Crippen MR) is 105 cm³/mol. The number of hydrogen-bond donors (Lipinski definition) is 0. The van der Waals surface area contributed by atoms with E-state index in [1.165, 1.54) is 18.2 Å². The van der Waals surface area contributed by atoms with Crippen LogP contribution in [0.25, 0.3) is 16.9 Å². The van der Waals surface area contributed by atoms with Gasteiger partial charge in [-0.2, -0.15) is 4.40 Å². The lowest BCUT2D eigenvalue weighted by Gasteiger charge is -2.04. The third-order valence-electron chi connectivity index (χ3n) is 4.82. The second-order valence-electron chi connectivity index (χ2n) is 6.55. The number of rotatable bonds is 5. The van der Waals surface area contributed by atoms with Gasteiger partial charge in [-0.25, -0.2) is 4.57 Å². The number of imidazole rings is 1. The van der Waals surface area contributed by atoms with Gasteiger partial charge in [0.2, 0.25) is 5.78 Å². The molecule has 0 spiro atoms.